The van der Waals surface area contributed by atoms with Gasteiger partial charge in [0.1, 0.15) is 13.2 Å². The summed E-state index contributed by atoms with van der Waals surface area (Å²) in [6.07, 6.45) is -1.64. The average Bonchev–Trinajstić information content (AvgIpc) is 3.05. The predicted octanol–water partition coefficient (Wildman–Crippen LogP) is 1.79. The highest BCUT2D eigenvalue weighted by Crippen LogP contribution is 2.28. The largest absolute Gasteiger partial charge is 0.478 e. The van der Waals surface area contributed by atoms with Gasteiger partial charge in [0.05, 0.1) is 38.9 Å². The summed E-state index contributed by atoms with van der Waals surface area (Å²) in [6.45, 7) is -1.70. The van der Waals surface area contributed by atoms with Crippen molar-refractivity contribution in [1.29, 1.82) is 0 Å². The number of carboxylic acid groups (broad SMARTS) is 4. The van der Waals surface area contributed by atoms with Crippen molar-refractivity contribution >= 4 is 54.7 Å². The van der Waals surface area contributed by atoms with Gasteiger partial charge in [-0.2, -0.15) is 0 Å². The first-order valence-electron chi connectivity index (χ1n) is 12.9. The van der Waals surface area contributed by atoms with Crippen LogP contribution in [0.15, 0.2) is 54.6 Å². The normalized spacial score (nSPS) is 10.8. The Morgan fingerprint density at radius 3 is 1.35 bits per heavy atom. The Morgan fingerprint density at radius 2 is 0.917 bits per heavy atom. The molecule has 1 atom stereocenters. The Balaban J connectivity index is 1.87. The van der Waals surface area contributed by atoms with Gasteiger partial charge in [0.25, 0.3) is 12.9 Å². The predicted molar refractivity (Wildman–Crippen MR) is 150 cm³/mol. The number of aromatic carboxylic acids is 4. The maximum Gasteiger partial charge on any atom is 0.338 e. The van der Waals surface area contributed by atoms with Gasteiger partial charge >= 0.3 is 41.8 Å². The zero-order valence-corrected chi connectivity index (χ0v) is 23.8. The highest BCUT2D eigenvalue weighted by atomic mass is 16.6. The van der Waals surface area contributed by atoms with Gasteiger partial charge in [0.2, 0.25) is 0 Å². The second kappa shape index (κ2) is 15.8. The van der Waals surface area contributed by atoms with Crippen molar-refractivity contribution in [3.63, 3.8) is 0 Å². The molecule has 0 fully saturated rings. The molecule has 0 saturated heterocycles. The van der Waals surface area contributed by atoms with Gasteiger partial charge in [-0.1, -0.05) is 0 Å². The second-order valence-electron chi connectivity index (χ2n) is 9.06. The molecule has 0 heterocycles. The minimum atomic E-state index is -1.68. The maximum absolute atomic E-state index is 12.9. The van der Waals surface area contributed by atoms with Crippen LogP contribution in [0.3, 0.4) is 0 Å². The number of carbonyl (C=O) groups is 9. The molecular formula is C30H20O18. The van der Waals surface area contributed by atoms with Gasteiger partial charge < -0.3 is 44.1 Å². The van der Waals surface area contributed by atoms with Crippen molar-refractivity contribution in [2.45, 2.75) is 6.10 Å². The fraction of sp³-hybridized carbons (Fsp3) is 0.100. The number of hydrogen-bond donors (Lipinski definition) is 4. The standard InChI is InChI=1S/C30H20O18/c31-12-46-22-6-3-16(9-23(22)47-13-32)29(42)45-11-17(48-30(43)15-2-5-19(25(35)36)21(8-15)27(39)40)10-44-28(41)14-1-4-18(24(33)34)20(7-14)26(37)38/h1-9,12-13,17H,10-11H2,(H,33,34)(H,35,36)(H,37,38)(H,39,40). The first-order chi connectivity index (χ1) is 22.8. The Labute approximate surface area is 266 Å². The number of rotatable bonds is 16. The summed E-state index contributed by atoms with van der Waals surface area (Å²) >= 11 is 0. The molecule has 3 rings (SSSR count). The summed E-state index contributed by atoms with van der Waals surface area (Å²) in [4.78, 5) is 106. The quantitative estimate of drug-likeness (QED) is 0.0961. The lowest BCUT2D eigenvalue weighted by molar-refractivity contribution is -0.123. The maximum atomic E-state index is 12.9. The molecule has 0 amide bonds. The molecule has 48 heavy (non-hydrogen) atoms. The molecule has 0 saturated carbocycles. The summed E-state index contributed by atoms with van der Waals surface area (Å²) in [6, 6.07) is 8.15. The number of hydrogen-bond acceptors (Lipinski definition) is 14. The Hall–Kier alpha value is -7.11. The molecular weight excluding hydrogens is 648 g/mol. The molecule has 0 radical (unpaired) electrons. The van der Waals surface area contributed by atoms with E-state index in [1.807, 2.05) is 0 Å². The molecule has 3 aromatic rings. The van der Waals surface area contributed by atoms with Crippen molar-refractivity contribution in [3.05, 3.63) is 93.5 Å². The van der Waals surface area contributed by atoms with Crippen LogP contribution in [0.4, 0.5) is 0 Å². The SMILES string of the molecule is O=COc1ccc(C(=O)OCC(COC(=O)c2ccc(C(=O)O)c(C(=O)O)c2)OC(=O)c2ccc(C(=O)O)c(C(=O)O)c2)cc1OC=O. The van der Waals surface area contributed by atoms with E-state index >= 15 is 0 Å². The smallest absolute Gasteiger partial charge is 0.338 e. The van der Waals surface area contributed by atoms with Crippen molar-refractivity contribution in [1.82, 2.24) is 0 Å². The first-order valence-corrected chi connectivity index (χ1v) is 12.9. The van der Waals surface area contributed by atoms with Crippen molar-refractivity contribution in [3.8, 4) is 11.5 Å². The molecule has 3 aromatic carbocycles. The van der Waals surface area contributed by atoms with E-state index in [0.29, 0.717) is 6.07 Å². The van der Waals surface area contributed by atoms with Crippen molar-refractivity contribution in [2.75, 3.05) is 13.2 Å². The van der Waals surface area contributed by atoms with Gasteiger partial charge in [-0.05, 0) is 54.6 Å². The minimum Gasteiger partial charge on any atom is -0.478 e. The van der Waals surface area contributed by atoms with Crippen LogP contribution in [-0.2, 0) is 23.8 Å². The number of carbonyl (C=O) groups excluding carboxylic acids is 5. The number of carboxylic acids is 4. The molecule has 4 N–H and O–H groups in total. The molecule has 1 unspecified atom stereocenters. The van der Waals surface area contributed by atoms with E-state index in [2.05, 4.69) is 9.47 Å². The van der Waals surface area contributed by atoms with Crippen LogP contribution in [0, 0.1) is 0 Å². The topological polar surface area (TPSA) is 281 Å². The molecule has 0 aliphatic rings. The van der Waals surface area contributed by atoms with E-state index in [4.69, 9.17) is 14.2 Å². The number of ether oxygens (including phenoxy) is 5. The van der Waals surface area contributed by atoms with Crippen LogP contribution in [-0.4, -0.2) is 94.5 Å². The zero-order chi connectivity index (χ0) is 35.5. The van der Waals surface area contributed by atoms with Crippen LogP contribution >= 0.6 is 0 Å². The van der Waals surface area contributed by atoms with Crippen molar-refractivity contribution < 1.29 is 87.3 Å². The third-order valence-corrected chi connectivity index (χ3v) is 6.04. The van der Waals surface area contributed by atoms with Crippen LogP contribution < -0.4 is 9.47 Å². The minimum absolute atomic E-state index is 0.0145. The van der Waals surface area contributed by atoms with Crippen molar-refractivity contribution in [2.24, 2.45) is 0 Å². The highest BCUT2D eigenvalue weighted by Gasteiger charge is 2.25. The molecule has 18 nitrogen and oxygen atoms in total. The summed E-state index contributed by atoms with van der Waals surface area (Å²) in [5.41, 5.74) is -3.92. The van der Waals surface area contributed by atoms with Gasteiger partial charge in [0.15, 0.2) is 17.6 Å². The lowest BCUT2D eigenvalue weighted by atomic mass is 10.0. The molecule has 0 bridgehead atoms. The fourth-order valence-corrected chi connectivity index (χ4v) is 3.84. The van der Waals surface area contributed by atoms with Crippen LogP contribution in [0.25, 0.3) is 0 Å². The molecule has 0 aromatic heterocycles. The van der Waals surface area contributed by atoms with Gasteiger partial charge in [-0.3, -0.25) is 9.59 Å². The summed E-state index contributed by atoms with van der Waals surface area (Å²) < 4.78 is 24.7. The summed E-state index contributed by atoms with van der Waals surface area (Å²) in [7, 11) is 0. The third kappa shape index (κ3) is 8.75. The molecule has 0 aliphatic carbocycles. The van der Waals surface area contributed by atoms with E-state index < -0.39 is 94.5 Å². The molecule has 248 valence electrons. The Kier molecular flexibility index (Phi) is 11.6. The number of benzene rings is 3. The lowest BCUT2D eigenvalue weighted by Gasteiger charge is -2.19. The van der Waals surface area contributed by atoms with Gasteiger partial charge in [-0.25, -0.2) is 33.6 Å². The second-order valence-corrected chi connectivity index (χ2v) is 9.06. The van der Waals surface area contributed by atoms with E-state index in [9.17, 15) is 63.6 Å². The highest BCUT2D eigenvalue weighted by molar-refractivity contribution is 6.05. The van der Waals surface area contributed by atoms with E-state index in [0.717, 1.165) is 48.5 Å². The van der Waals surface area contributed by atoms with Crippen LogP contribution in [0.5, 0.6) is 11.5 Å². The van der Waals surface area contributed by atoms with E-state index in [1.165, 1.54) is 0 Å². The zero-order valence-electron chi connectivity index (χ0n) is 23.8. The van der Waals surface area contributed by atoms with E-state index in [-0.39, 0.29) is 30.0 Å². The lowest BCUT2D eigenvalue weighted by Crippen LogP contribution is -2.31. The van der Waals surface area contributed by atoms with Crippen LogP contribution in [0.2, 0.25) is 0 Å². The molecule has 0 aliphatic heterocycles. The Bertz CT molecular complexity index is 1820. The van der Waals surface area contributed by atoms with Gasteiger partial charge in [0, 0.05) is 0 Å². The molecule has 0 spiro atoms. The fourth-order valence-electron chi connectivity index (χ4n) is 3.84. The first kappa shape index (κ1) is 35.4. The van der Waals surface area contributed by atoms with Crippen LogP contribution in [0.1, 0.15) is 72.5 Å². The summed E-state index contributed by atoms with van der Waals surface area (Å²) in [5.74, 6) is -10.7. The Morgan fingerprint density at radius 1 is 0.521 bits per heavy atom. The van der Waals surface area contributed by atoms with Gasteiger partial charge in [-0.15, -0.1) is 0 Å². The monoisotopic (exact) mass is 668 g/mol. The van der Waals surface area contributed by atoms with E-state index in [1.54, 1.807) is 0 Å². The average molecular weight is 668 g/mol. The third-order valence-electron chi connectivity index (χ3n) is 6.04. The number of esters is 3. The summed E-state index contributed by atoms with van der Waals surface area (Å²) in [5, 5.41) is 37.1. The molecule has 18 heteroatoms.